The molecule has 0 bridgehead atoms. The minimum absolute atomic E-state index is 0.159. The fourth-order valence-corrected chi connectivity index (χ4v) is 5.47. The van der Waals surface area contributed by atoms with Crippen molar-refractivity contribution in [3.8, 4) is 0 Å². The summed E-state index contributed by atoms with van der Waals surface area (Å²) in [6.07, 6.45) is 4.18. The summed E-state index contributed by atoms with van der Waals surface area (Å²) in [5.74, 6) is -0.0741. The van der Waals surface area contributed by atoms with Gasteiger partial charge in [-0.1, -0.05) is 18.2 Å². The second kappa shape index (κ2) is 7.83. The lowest BCUT2D eigenvalue weighted by Gasteiger charge is -2.30. The van der Waals surface area contributed by atoms with Crippen LogP contribution < -0.4 is 14.5 Å². The Morgan fingerprint density at radius 2 is 1.68 bits per heavy atom. The molecule has 0 aromatic heterocycles. The molecule has 2 aromatic rings. The molecule has 4 rings (SSSR count). The first kappa shape index (κ1) is 18.8. The summed E-state index contributed by atoms with van der Waals surface area (Å²) in [5.41, 5.74) is 2.82. The van der Waals surface area contributed by atoms with Crippen LogP contribution in [0.1, 0.15) is 36.0 Å². The summed E-state index contributed by atoms with van der Waals surface area (Å²) < 4.78 is 25.7. The van der Waals surface area contributed by atoms with Gasteiger partial charge in [0.05, 0.1) is 22.8 Å². The van der Waals surface area contributed by atoms with Crippen molar-refractivity contribution in [1.82, 2.24) is 0 Å². The number of carbonyl (C=O) groups excluding carboxylic acids is 1. The number of carbonyl (C=O) groups is 1. The molecule has 1 N–H and O–H groups in total. The van der Waals surface area contributed by atoms with Crippen molar-refractivity contribution >= 4 is 33.0 Å². The zero-order valence-corrected chi connectivity index (χ0v) is 16.6. The summed E-state index contributed by atoms with van der Waals surface area (Å²) in [4.78, 5) is 15.2. The summed E-state index contributed by atoms with van der Waals surface area (Å²) >= 11 is 0. The van der Waals surface area contributed by atoms with E-state index in [4.69, 9.17) is 0 Å². The molecule has 2 aliphatic rings. The van der Waals surface area contributed by atoms with Gasteiger partial charge in [0.2, 0.25) is 10.0 Å². The lowest BCUT2D eigenvalue weighted by Crippen LogP contribution is -2.30. The number of sulfonamides is 1. The molecule has 0 radical (unpaired) electrons. The molecule has 0 spiro atoms. The van der Waals surface area contributed by atoms with Crippen LogP contribution >= 0.6 is 0 Å². The molecule has 1 amide bonds. The summed E-state index contributed by atoms with van der Waals surface area (Å²) in [6.45, 7) is 2.45. The van der Waals surface area contributed by atoms with Gasteiger partial charge in [-0.05, 0) is 56.0 Å². The number of amides is 1. The first-order valence-corrected chi connectivity index (χ1v) is 11.4. The third kappa shape index (κ3) is 3.85. The topological polar surface area (TPSA) is 69.7 Å². The average Bonchev–Trinajstić information content (AvgIpc) is 3.08. The number of piperidine rings is 1. The van der Waals surface area contributed by atoms with E-state index in [-0.39, 0.29) is 11.7 Å². The highest BCUT2D eigenvalue weighted by molar-refractivity contribution is 7.93. The Hall–Kier alpha value is -2.54. The van der Waals surface area contributed by atoms with Crippen molar-refractivity contribution in [2.24, 2.45) is 0 Å². The van der Waals surface area contributed by atoms with Crippen molar-refractivity contribution in [2.75, 3.05) is 39.9 Å². The SMILES string of the molecule is O=C(Nc1ccccc1N1CCCCC1)c1cccc(N2CCCS2(=O)=O)c1. The third-order valence-corrected chi connectivity index (χ3v) is 7.21. The molecule has 2 fully saturated rings. The molecular formula is C21H25N3O3S. The maximum absolute atomic E-state index is 12.9. The normalized spacial score (nSPS) is 18.9. The van der Waals surface area contributed by atoms with E-state index in [1.54, 1.807) is 24.3 Å². The highest BCUT2D eigenvalue weighted by Gasteiger charge is 2.28. The average molecular weight is 400 g/mol. The van der Waals surface area contributed by atoms with Gasteiger partial charge in [0, 0.05) is 25.2 Å². The zero-order chi connectivity index (χ0) is 19.6. The Labute approximate surface area is 166 Å². The Kier molecular flexibility index (Phi) is 5.26. The van der Waals surface area contributed by atoms with Crippen LogP contribution in [0.3, 0.4) is 0 Å². The van der Waals surface area contributed by atoms with E-state index < -0.39 is 10.0 Å². The van der Waals surface area contributed by atoms with Crippen LogP contribution in [0.2, 0.25) is 0 Å². The molecule has 2 heterocycles. The smallest absolute Gasteiger partial charge is 0.255 e. The highest BCUT2D eigenvalue weighted by Crippen LogP contribution is 2.29. The first-order chi connectivity index (χ1) is 13.5. The van der Waals surface area contributed by atoms with E-state index in [0.717, 1.165) is 37.3 Å². The van der Waals surface area contributed by atoms with Crippen LogP contribution in [-0.4, -0.2) is 39.7 Å². The predicted octanol–water partition coefficient (Wildman–Crippen LogP) is 3.47. The van der Waals surface area contributed by atoms with E-state index >= 15 is 0 Å². The number of nitrogens with zero attached hydrogens (tertiary/aromatic N) is 2. The zero-order valence-electron chi connectivity index (χ0n) is 15.8. The molecule has 7 heteroatoms. The van der Waals surface area contributed by atoms with Gasteiger partial charge in [0.15, 0.2) is 0 Å². The maximum atomic E-state index is 12.9. The largest absolute Gasteiger partial charge is 0.370 e. The number of rotatable bonds is 4. The number of anilines is 3. The minimum atomic E-state index is -3.27. The summed E-state index contributed by atoms with van der Waals surface area (Å²) in [7, 11) is -3.27. The number of hydrogen-bond donors (Lipinski definition) is 1. The molecule has 28 heavy (non-hydrogen) atoms. The highest BCUT2D eigenvalue weighted by atomic mass is 32.2. The van der Waals surface area contributed by atoms with E-state index in [0.29, 0.717) is 24.2 Å². The fourth-order valence-electron chi connectivity index (χ4n) is 3.92. The van der Waals surface area contributed by atoms with E-state index in [2.05, 4.69) is 10.2 Å². The molecule has 0 atom stereocenters. The van der Waals surface area contributed by atoms with Crippen molar-refractivity contribution in [2.45, 2.75) is 25.7 Å². The van der Waals surface area contributed by atoms with Gasteiger partial charge in [-0.25, -0.2) is 8.42 Å². The second-order valence-electron chi connectivity index (χ2n) is 7.31. The quantitative estimate of drug-likeness (QED) is 0.855. The van der Waals surface area contributed by atoms with Gasteiger partial charge in [-0.2, -0.15) is 0 Å². The molecule has 0 saturated carbocycles. The monoisotopic (exact) mass is 399 g/mol. The van der Waals surface area contributed by atoms with Gasteiger partial charge in [0.25, 0.3) is 5.91 Å². The molecule has 0 unspecified atom stereocenters. The van der Waals surface area contributed by atoms with E-state index in [9.17, 15) is 13.2 Å². The van der Waals surface area contributed by atoms with Crippen molar-refractivity contribution in [3.05, 3.63) is 54.1 Å². The lowest BCUT2D eigenvalue weighted by molar-refractivity contribution is 0.102. The van der Waals surface area contributed by atoms with Crippen LogP contribution in [0.15, 0.2) is 48.5 Å². The summed E-state index contributed by atoms with van der Waals surface area (Å²) in [5, 5.41) is 3.01. The first-order valence-electron chi connectivity index (χ1n) is 9.80. The molecule has 0 aliphatic carbocycles. The molecule has 6 nitrogen and oxygen atoms in total. The van der Waals surface area contributed by atoms with E-state index in [1.165, 1.54) is 10.7 Å². The number of hydrogen-bond acceptors (Lipinski definition) is 4. The summed E-state index contributed by atoms with van der Waals surface area (Å²) in [6, 6.07) is 14.7. The van der Waals surface area contributed by atoms with Gasteiger partial charge < -0.3 is 10.2 Å². The Balaban J connectivity index is 1.56. The Morgan fingerprint density at radius 1 is 0.893 bits per heavy atom. The number of benzene rings is 2. The van der Waals surface area contributed by atoms with Crippen LogP contribution in [0.5, 0.6) is 0 Å². The van der Waals surface area contributed by atoms with Crippen molar-refractivity contribution in [1.29, 1.82) is 0 Å². The van der Waals surface area contributed by atoms with Crippen LogP contribution in [0, 0.1) is 0 Å². The Morgan fingerprint density at radius 3 is 2.43 bits per heavy atom. The van der Waals surface area contributed by atoms with Crippen LogP contribution in [0.25, 0.3) is 0 Å². The molecule has 2 aliphatic heterocycles. The van der Waals surface area contributed by atoms with Crippen LogP contribution in [-0.2, 0) is 10.0 Å². The predicted molar refractivity (Wildman–Crippen MR) is 113 cm³/mol. The molecule has 2 aromatic carbocycles. The standard InChI is InChI=1S/C21H25N3O3S/c25-21(17-8-6-9-18(16-17)24-14-7-15-28(24,26)27)22-19-10-2-3-11-20(19)23-12-4-1-5-13-23/h2-3,6,8-11,16H,1,4-5,7,12-15H2,(H,22,25). The van der Waals surface area contributed by atoms with Gasteiger partial charge in [-0.15, -0.1) is 0 Å². The maximum Gasteiger partial charge on any atom is 0.255 e. The van der Waals surface area contributed by atoms with Gasteiger partial charge >= 0.3 is 0 Å². The van der Waals surface area contributed by atoms with E-state index in [1.807, 2.05) is 24.3 Å². The second-order valence-corrected chi connectivity index (χ2v) is 9.32. The number of nitrogens with one attached hydrogen (secondary N) is 1. The molecule has 148 valence electrons. The molecular weight excluding hydrogens is 374 g/mol. The van der Waals surface area contributed by atoms with Crippen molar-refractivity contribution < 1.29 is 13.2 Å². The van der Waals surface area contributed by atoms with Crippen LogP contribution in [0.4, 0.5) is 17.1 Å². The van der Waals surface area contributed by atoms with Gasteiger partial charge in [0.1, 0.15) is 0 Å². The van der Waals surface area contributed by atoms with Gasteiger partial charge in [-0.3, -0.25) is 9.10 Å². The van der Waals surface area contributed by atoms with Crippen molar-refractivity contribution in [3.63, 3.8) is 0 Å². The number of para-hydroxylation sites is 2. The minimum Gasteiger partial charge on any atom is -0.370 e. The fraction of sp³-hybridized carbons (Fsp3) is 0.381. The third-order valence-electron chi connectivity index (χ3n) is 5.34. The molecule has 2 saturated heterocycles. The lowest BCUT2D eigenvalue weighted by atomic mass is 10.1. The Bertz CT molecular complexity index is 968.